The molecule has 1 N–H and O–H groups in total. The number of aliphatic hydroxyl groups is 1. The van der Waals surface area contributed by atoms with E-state index in [1.807, 2.05) is 54.6 Å². The van der Waals surface area contributed by atoms with Crippen molar-refractivity contribution in [1.82, 2.24) is 0 Å². The van der Waals surface area contributed by atoms with Crippen LogP contribution in [-0.2, 0) is 18.0 Å². The van der Waals surface area contributed by atoms with Gasteiger partial charge in [-0.1, -0.05) is 43.3 Å². The van der Waals surface area contributed by atoms with Crippen LogP contribution in [0.5, 0.6) is 17.2 Å². The van der Waals surface area contributed by atoms with Crippen molar-refractivity contribution in [3.8, 4) is 17.2 Å². The zero-order valence-corrected chi connectivity index (χ0v) is 19.7. The summed E-state index contributed by atoms with van der Waals surface area (Å²) in [5.74, 6) is 2.32. The molecule has 0 radical (unpaired) electrons. The lowest BCUT2D eigenvalue weighted by molar-refractivity contribution is -0.0122. The lowest BCUT2D eigenvalue weighted by Gasteiger charge is -2.37. The zero-order chi connectivity index (χ0) is 23.4. The summed E-state index contributed by atoms with van der Waals surface area (Å²) in [7, 11) is 3.28. The van der Waals surface area contributed by atoms with Gasteiger partial charge < -0.3 is 24.1 Å². The maximum absolute atomic E-state index is 9.92. The van der Waals surface area contributed by atoms with E-state index in [4.69, 9.17) is 18.9 Å². The van der Waals surface area contributed by atoms with E-state index in [1.54, 1.807) is 14.2 Å². The van der Waals surface area contributed by atoms with Gasteiger partial charge in [0.1, 0.15) is 18.5 Å². The second kappa shape index (κ2) is 10.3. The van der Waals surface area contributed by atoms with Crippen molar-refractivity contribution in [1.29, 1.82) is 0 Å². The van der Waals surface area contributed by atoms with E-state index in [1.165, 1.54) is 5.56 Å². The van der Waals surface area contributed by atoms with E-state index < -0.39 is 0 Å². The van der Waals surface area contributed by atoms with E-state index >= 15 is 0 Å². The largest absolute Gasteiger partial charge is 0.496 e. The molecule has 4 rings (SSSR count). The topological polar surface area (TPSA) is 57.2 Å². The highest BCUT2D eigenvalue weighted by atomic mass is 16.5. The van der Waals surface area contributed by atoms with Gasteiger partial charge in [-0.25, -0.2) is 0 Å². The average molecular weight is 449 g/mol. The van der Waals surface area contributed by atoms with Crippen molar-refractivity contribution < 1.29 is 24.1 Å². The van der Waals surface area contributed by atoms with E-state index in [-0.39, 0.29) is 24.7 Å². The quantitative estimate of drug-likeness (QED) is 0.474. The highest BCUT2D eigenvalue weighted by Crippen LogP contribution is 2.46. The molecule has 0 bridgehead atoms. The fraction of sp³-hybridized carbons (Fsp3) is 0.357. The van der Waals surface area contributed by atoms with Crippen LogP contribution in [0.25, 0.3) is 0 Å². The van der Waals surface area contributed by atoms with E-state index in [0.29, 0.717) is 23.9 Å². The van der Waals surface area contributed by atoms with Crippen LogP contribution in [0.15, 0.2) is 60.7 Å². The molecule has 3 unspecified atom stereocenters. The Morgan fingerprint density at radius 1 is 0.879 bits per heavy atom. The second-order valence-corrected chi connectivity index (χ2v) is 8.37. The Bertz CT molecular complexity index is 1080. The van der Waals surface area contributed by atoms with Gasteiger partial charge in [-0.15, -0.1) is 0 Å². The summed E-state index contributed by atoms with van der Waals surface area (Å²) in [6.07, 6.45) is 0.711. The molecule has 1 aliphatic rings. The predicted molar refractivity (Wildman–Crippen MR) is 128 cm³/mol. The normalized spacial score (nSPS) is 19.6. The standard InChI is InChI=1S/C28H32O5/c1-5-22-18(2)33-28(24-13-21(16-29)26(31-4)15-23(22)24)20-11-12-25(30-3)27(14-20)32-17-19-9-7-6-8-10-19/h6-15,18,22,28-29H,5,16-17H2,1-4H3. The van der Waals surface area contributed by atoms with Crippen LogP contribution in [0.2, 0.25) is 0 Å². The number of aliphatic hydroxyl groups excluding tert-OH is 1. The van der Waals surface area contributed by atoms with E-state index in [2.05, 4.69) is 19.9 Å². The molecule has 0 saturated carbocycles. The molecule has 3 atom stereocenters. The third-order valence-electron chi connectivity index (χ3n) is 6.42. The summed E-state index contributed by atoms with van der Waals surface area (Å²) in [5, 5.41) is 9.92. The Morgan fingerprint density at radius 3 is 2.30 bits per heavy atom. The van der Waals surface area contributed by atoms with Crippen LogP contribution in [0.3, 0.4) is 0 Å². The molecule has 0 aliphatic carbocycles. The lowest BCUT2D eigenvalue weighted by atomic mass is 9.81. The molecule has 0 saturated heterocycles. The van der Waals surface area contributed by atoms with Crippen LogP contribution in [-0.4, -0.2) is 25.4 Å². The minimum atomic E-state index is -0.279. The molecular formula is C28H32O5. The van der Waals surface area contributed by atoms with Gasteiger partial charge in [0, 0.05) is 11.5 Å². The number of hydrogen-bond acceptors (Lipinski definition) is 5. The van der Waals surface area contributed by atoms with Crippen molar-refractivity contribution in [2.45, 2.75) is 51.6 Å². The van der Waals surface area contributed by atoms with E-state index in [0.717, 1.165) is 28.7 Å². The molecule has 3 aromatic carbocycles. The second-order valence-electron chi connectivity index (χ2n) is 8.37. The van der Waals surface area contributed by atoms with Gasteiger partial charge >= 0.3 is 0 Å². The van der Waals surface area contributed by atoms with Gasteiger partial charge in [0.25, 0.3) is 0 Å². The highest BCUT2D eigenvalue weighted by Gasteiger charge is 2.34. The van der Waals surface area contributed by atoms with E-state index in [9.17, 15) is 5.11 Å². The molecule has 1 aliphatic heterocycles. The minimum Gasteiger partial charge on any atom is -0.496 e. The van der Waals surface area contributed by atoms with Crippen LogP contribution < -0.4 is 14.2 Å². The van der Waals surface area contributed by atoms with Gasteiger partial charge in [-0.05, 0) is 59.9 Å². The summed E-state index contributed by atoms with van der Waals surface area (Å²) >= 11 is 0. The first-order valence-corrected chi connectivity index (χ1v) is 11.4. The molecule has 0 aromatic heterocycles. The fourth-order valence-corrected chi connectivity index (χ4v) is 4.67. The zero-order valence-electron chi connectivity index (χ0n) is 19.7. The van der Waals surface area contributed by atoms with Crippen LogP contribution in [0.1, 0.15) is 60.1 Å². The SMILES string of the molecule is CCC1c2cc(OC)c(CO)cc2C(c2ccc(OC)c(OCc3ccccc3)c2)OC1C. The molecule has 0 fully saturated rings. The number of rotatable bonds is 8. The third kappa shape index (κ3) is 4.70. The molecule has 1 heterocycles. The monoisotopic (exact) mass is 448 g/mol. The summed E-state index contributed by atoms with van der Waals surface area (Å²) in [6, 6.07) is 20.1. The maximum Gasteiger partial charge on any atom is 0.162 e. The van der Waals surface area contributed by atoms with Crippen molar-refractivity contribution >= 4 is 0 Å². The van der Waals surface area contributed by atoms with Gasteiger partial charge in [0.05, 0.1) is 26.9 Å². The molecule has 0 amide bonds. The molecule has 0 spiro atoms. The van der Waals surface area contributed by atoms with Crippen LogP contribution >= 0.6 is 0 Å². The van der Waals surface area contributed by atoms with Crippen LogP contribution in [0, 0.1) is 0 Å². The smallest absolute Gasteiger partial charge is 0.162 e. The first-order chi connectivity index (χ1) is 16.1. The number of benzene rings is 3. The summed E-state index contributed by atoms with van der Waals surface area (Å²) in [6.45, 7) is 4.64. The molecule has 33 heavy (non-hydrogen) atoms. The Labute approximate surface area is 195 Å². The summed E-state index contributed by atoms with van der Waals surface area (Å²) in [5.41, 5.74) is 5.09. The Morgan fingerprint density at radius 2 is 1.64 bits per heavy atom. The minimum absolute atomic E-state index is 0.0352. The molecule has 5 heteroatoms. The summed E-state index contributed by atoms with van der Waals surface area (Å²) < 4.78 is 23.8. The van der Waals surface area contributed by atoms with Crippen molar-refractivity contribution in [3.05, 3.63) is 88.5 Å². The number of methoxy groups -OCH3 is 2. The first kappa shape index (κ1) is 23.1. The van der Waals surface area contributed by atoms with Gasteiger partial charge in [-0.3, -0.25) is 0 Å². The average Bonchev–Trinajstić information content (AvgIpc) is 2.86. The Kier molecular flexibility index (Phi) is 7.21. The molecule has 5 nitrogen and oxygen atoms in total. The highest BCUT2D eigenvalue weighted by molar-refractivity contribution is 5.51. The third-order valence-corrected chi connectivity index (χ3v) is 6.42. The fourth-order valence-electron chi connectivity index (χ4n) is 4.67. The first-order valence-electron chi connectivity index (χ1n) is 11.4. The Balaban J connectivity index is 1.74. The van der Waals surface area contributed by atoms with Gasteiger partial charge in [0.15, 0.2) is 11.5 Å². The van der Waals surface area contributed by atoms with Crippen molar-refractivity contribution in [2.24, 2.45) is 0 Å². The molecular weight excluding hydrogens is 416 g/mol. The van der Waals surface area contributed by atoms with Gasteiger partial charge in [0.2, 0.25) is 0 Å². The van der Waals surface area contributed by atoms with Crippen LogP contribution in [0.4, 0.5) is 0 Å². The Hall–Kier alpha value is -3.02. The van der Waals surface area contributed by atoms with Crippen molar-refractivity contribution in [3.63, 3.8) is 0 Å². The summed E-state index contributed by atoms with van der Waals surface area (Å²) in [4.78, 5) is 0. The lowest BCUT2D eigenvalue weighted by Crippen LogP contribution is -2.29. The number of hydrogen-bond donors (Lipinski definition) is 1. The van der Waals surface area contributed by atoms with Gasteiger partial charge in [-0.2, -0.15) is 0 Å². The number of fused-ring (bicyclic) bond motifs is 1. The number of ether oxygens (including phenoxy) is 4. The molecule has 3 aromatic rings. The molecule has 174 valence electrons. The predicted octanol–water partition coefficient (Wildman–Crippen LogP) is 5.78. The van der Waals surface area contributed by atoms with Crippen molar-refractivity contribution in [2.75, 3.05) is 14.2 Å². The maximum atomic E-state index is 9.92.